The van der Waals surface area contributed by atoms with Crippen LogP contribution < -0.4 is 24.7 Å². The predicted octanol–water partition coefficient (Wildman–Crippen LogP) is 7.14. The van der Waals surface area contributed by atoms with E-state index in [1.807, 2.05) is 0 Å². The predicted molar refractivity (Wildman–Crippen MR) is 209 cm³/mol. The highest BCUT2D eigenvalue weighted by Gasteiger charge is 2.31. The van der Waals surface area contributed by atoms with Crippen LogP contribution in [0, 0.1) is 17.5 Å². The van der Waals surface area contributed by atoms with Gasteiger partial charge in [0.15, 0.2) is 17.4 Å². The zero-order valence-corrected chi connectivity index (χ0v) is 33.4. The molecule has 57 heavy (non-hydrogen) atoms. The van der Waals surface area contributed by atoms with Crippen molar-refractivity contribution >= 4 is 55.3 Å². The molecule has 0 aliphatic carbocycles. The van der Waals surface area contributed by atoms with Crippen LogP contribution in [-0.4, -0.2) is 59.9 Å². The van der Waals surface area contributed by atoms with Gasteiger partial charge in [-0.05, 0) is 80.4 Å². The lowest BCUT2D eigenvalue weighted by atomic mass is 10.0. The molecule has 1 N–H and O–H groups in total. The third kappa shape index (κ3) is 8.49. The second kappa shape index (κ2) is 15.6. The number of methoxy groups -OCH3 is 2. The number of aryl methyl sites for hydroxylation is 1. The number of sulfonamides is 1. The highest BCUT2D eigenvalue weighted by Crippen LogP contribution is 2.39. The van der Waals surface area contributed by atoms with Gasteiger partial charge < -0.3 is 19.5 Å². The standard InChI is InChI=1S/C39H38ClF3N6O7S/c1-39(2,3)56-38(51)44-29(18-22-16-23(41)19-24(42)17-22)35-45-32-26(12-14-28(43)34(32)55-6)37(50)49(35)30-15-13-27(40)31-33(30)47(4)46-36(31)48(57(7,52)53)20-21-8-10-25(54-5)11-9-21/h8-17,19,29H,18,20H2,1-7H3,(H,44,51)/t29-/m0/s1. The van der Waals surface area contributed by atoms with Crippen molar-refractivity contribution in [2.75, 3.05) is 24.8 Å². The molecule has 2 heterocycles. The molecule has 0 aliphatic rings. The van der Waals surface area contributed by atoms with E-state index >= 15 is 4.39 Å². The maximum absolute atomic E-state index is 15.2. The summed E-state index contributed by atoms with van der Waals surface area (Å²) in [7, 11) is 0.182. The Morgan fingerprint density at radius 3 is 2.23 bits per heavy atom. The lowest BCUT2D eigenvalue weighted by molar-refractivity contribution is 0.0500. The van der Waals surface area contributed by atoms with Crippen LogP contribution in [0.3, 0.4) is 0 Å². The number of carbonyl (C=O) groups is 1. The summed E-state index contributed by atoms with van der Waals surface area (Å²) in [6, 6.07) is 13.3. The van der Waals surface area contributed by atoms with Crippen molar-refractivity contribution < 1.29 is 40.6 Å². The first-order valence-electron chi connectivity index (χ1n) is 17.3. The van der Waals surface area contributed by atoms with Gasteiger partial charge in [0.2, 0.25) is 10.0 Å². The normalized spacial score (nSPS) is 12.5. The maximum Gasteiger partial charge on any atom is 0.408 e. The van der Waals surface area contributed by atoms with Crippen LogP contribution in [0.25, 0.3) is 27.5 Å². The molecule has 0 saturated carbocycles. The number of hydrogen-bond donors (Lipinski definition) is 1. The number of hydrogen-bond acceptors (Lipinski definition) is 9. The first-order chi connectivity index (χ1) is 26.8. The Bertz CT molecular complexity index is 2680. The van der Waals surface area contributed by atoms with Gasteiger partial charge in [-0.1, -0.05) is 23.7 Å². The molecular weight excluding hydrogens is 789 g/mol. The number of halogens is 4. The van der Waals surface area contributed by atoms with E-state index in [2.05, 4.69) is 10.4 Å². The highest BCUT2D eigenvalue weighted by atomic mass is 35.5. The average molecular weight is 827 g/mol. The summed E-state index contributed by atoms with van der Waals surface area (Å²) in [5, 5.41) is 7.37. The number of benzene rings is 4. The van der Waals surface area contributed by atoms with Crippen molar-refractivity contribution in [3.05, 3.63) is 117 Å². The summed E-state index contributed by atoms with van der Waals surface area (Å²) >= 11 is 6.84. The van der Waals surface area contributed by atoms with E-state index in [0.717, 1.165) is 33.3 Å². The molecule has 1 amide bonds. The van der Waals surface area contributed by atoms with Gasteiger partial charge in [0.1, 0.15) is 34.3 Å². The van der Waals surface area contributed by atoms with Crippen LogP contribution in [0.15, 0.2) is 71.5 Å². The molecule has 6 aromatic rings. The molecular formula is C39H38ClF3N6O7S. The fourth-order valence-corrected chi connectivity index (χ4v) is 7.50. The number of nitrogens with zero attached hydrogens (tertiary/aromatic N) is 5. The average Bonchev–Trinajstić information content (AvgIpc) is 3.46. The van der Waals surface area contributed by atoms with Crippen molar-refractivity contribution in [2.24, 2.45) is 7.05 Å². The molecule has 0 saturated heterocycles. The number of ether oxygens (including phenoxy) is 3. The number of alkyl carbamates (subject to hydrolysis) is 1. The Labute approximate surface area is 330 Å². The quantitative estimate of drug-likeness (QED) is 0.144. The van der Waals surface area contributed by atoms with E-state index in [1.54, 1.807) is 45.0 Å². The van der Waals surface area contributed by atoms with Crippen LogP contribution in [0.4, 0.5) is 23.8 Å². The molecule has 2 aromatic heterocycles. The topological polar surface area (TPSA) is 147 Å². The van der Waals surface area contributed by atoms with Crippen LogP contribution >= 0.6 is 11.6 Å². The van der Waals surface area contributed by atoms with Gasteiger partial charge in [0.25, 0.3) is 5.56 Å². The van der Waals surface area contributed by atoms with E-state index in [-0.39, 0.29) is 68.4 Å². The Morgan fingerprint density at radius 1 is 0.965 bits per heavy atom. The Hall–Kier alpha value is -5.81. The molecule has 0 radical (unpaired) electrons. The molecule has 18 heteroatoms. The van der Waals surface area contributed by atoms with Crippen LogP contribution in [0.5, 0.6) is 11.5 Å². The van der Waals surface area contributed by atoms with Gasteiger partial charge in [0, 0.05) is 19.5 Å². The number of anilines is 1. The first kappa shape index (κ1) is 40.8. The van der Waals surface area contributed by atoms with Gasteiger partial charge in [-0.15, -0.1) is 0 Å². The minimum Gasteiger partial charge on any atom is -0.497 e. The zero-order valence-electron chi connectivity index (χ0n) is 31.9. The van der Waals surface area contributed by atoms with E-state index in [0.29, 0.717) is 17.4 Å². The van der Waals surface area contributed by atoms with Gasteiger partial charge >= 0.3 is 6.09 Å². The van der Waals surface area contributed by atoms with E-state index in [1.165, 1.54) is 44.1 Å². The van der Waals surface area contributed by atoms with Gasteiger partial charge in [-0.2, -0.15) is 5.10 Å². The minimum absolute atomic E-state index is 0.0621. The second-order valence-electron chi connectivity index (χ2n) is 14.1. The highest BCUT2D eigenvalue weighted by molar-refractivity contribution is 7.92. The number of fused-ring (bicyclic) bond motifs is 2. The Kier molecular flexibility index (Phi) is 11.2. The number of rotatable bonds is 11. The van der Waals surface area contributed by atoms with Crippen molar-refractivity contribution in [1.29, 1.82) is 0 Å². The van der Waals surface area contributed by atoms with Gasteiger partial charge in [-0.25, -0.2) is 35.7 Å². The summed E-state index contributed by atoms with van der Waals surface area (Å²) in [6.07, 6.45) is -0.303. The SMILES string of the molecule is COc1ccc(CN(c2nn(C)c3c(-n4c([C@H](Cc5cc(F)cc(F)c5)NC(=O)OC(C)(C)C)nc5c(OC)c(F)ccc5c4=O)ccc(Cl)c23)S(C)(=O)=O)cc1. The third-order valence-electron chi connectivity index (χ3n) is 8.80. The summed E-state index contributed by atoms with van der Waals surface area (Å²) in [4.78, 5) is 33.0. The number of carbonyl (C=O) groups excluding carboxylic acids is 1. The zero-order chi connectivity index (χ0) is 41.6. The summed E-state index contributed by atoms with van der Waals surface area (Å²) in [5.74, 6) is -2.77. The fraction of sp³-hybridized carbons (Fsp3) is 0.282. The van der Waals surface area contributed by atoms with Gasteiger partial charge in [0.05, 0.1) is 60.1 Å². The lowest BCUT2D eigenvalue weighted by Gasteiger charge is -2.26. The number of aromatic nitrogens is 4. The second-order valence-corrected chi connectivity index (χ2v) is 16.4. The smallest absolute Gasteiger partial charge is 0.408 e. The maximum atomic E-state index is 15.2. The minimum atomic E-state index is -4.03. The lowest BCUT2D eigenvalue weighted by Crippen LogP contribution is -2.39. The largest absolute Gasteiger partial charge is 0.497 e. The molecule has 300 valence electrons. The van der Waals surface area contributed by atoms with Crippen molar-refractivity contribution in [3.63, 3.8) is 0 Å². The van der Waals surface area contributed by atoms with E-state index in [4.69, 9.17) is 30.8 Å². The molecule has 0 spiro atoms. The summed E-state index contributed by atoms with van der Waals surface area (Å²) in [5.41, 5.74) is -1.11. The molecule has 4 aromatic carbocycles. The fourth-order valence-electron chi connectivity index (χ4n) is 6.44. The third-order valence-corrected chi connectivity index (χ3v) is 10.2. The molecule has 1 atom stereocenters. The van der Waals surface area contributed by atoms with Crippen LogP contribution in [0.1, 0.15) is 43.8 Å². The number of amides is 1. The monoisotopic (exact) mass is 826 g/mol. The Morgan fingerprint density at radius 2 is 1.63 bits per heavy atom. The van der Waals surface area contributed by atoms with E-state index < -0.39 is 50.8 Å². The molecule has 6 rings (SSSR count). The van der Waals surface area contributed by atoms with Gasteiger partial charge in [-0.3, -0.25) is 14.0 Å². The van der Waals surface area contributed by atoms with Crippen molar-refractivity contribution in [3.8, 4) is 17.2 Å². The number of nitrogens with one attached hydrogen (secondary N) is 1. The van der Waals surface area contributed by atoms with Crippen LogP contribution in [-0.2, 0) is 34.8 Å². The van der Waals surface area contributed by atoms with Crippen molar-refractivity contribution in [1.82, 2.24) is 24.6 Å². The Balaban J connectivity index is 1.66. The van der Waals surface area contributed by atoms with E-state index in [9.17, 15) is 26.8 Å². The molecule has 0 fully saturated rings. The first-order valence-corrected chi connectivity index (χ1v) is 19.5. The molecule has 13 nitrogen and oxygen atoms in total. The van der Waals surface area contributed by atoms with Crippen molar-refractivity contribution in [2.45, 2.75) is 45.4 Å². The summed E-state index contributed by atoms with van der Waals surface area (Å²) in [6.45, 7) is 4.72. The molecule has 0 bridgehead atoms. The molecule has 0 aliphatic heterocycles. The van der Waals surface area contributed by atoms with Crippen LogP contribution in [0.2, 0.25) is 5.02 Å². The summed E-state index contributed by atoms with van der Waals surface area (Å²) < 4.78 is 90.7. The molecule has 0 unspecified atom stereocenters.